The number of hydrogen-bond acceptors (Lipinski definition) is 3. The SMILES string of the molecule is CC(C)N(C)C(=O)CSc1ccc(Br)cc1N. The number of benzene rings is 1. The van der Waals surface area contributed by atoms with Crippen LogP contribution in [0.15, 0.2) is 27.6 Å². The Morgan fingerprint density at radius 3 is 2.71 bits per heavy atom. The summed E-state index contributed by atoms with van der Waals surface area (Å²) < 4.78 is 0.949. The lowest BCUT2D eigenvalue weighted by Gasteiger charge is -2.21. The van der Waals surface area contributed by atoms with Crippen LogP contribution in [0, 0.1) is 0 Å². The molecule has 5 heteroatoms. The third-order valence-corrected chi connectivity index (χ3v) is 4.06. The zero-order valence-electron chi connectivity index (χ0n) is 10.2. The molecule has 0 aromatic heterocycles. The van der Waals surface area contributed by atoms with Crippen molar-refractivity contribution in [1.29, 1.82) is 0 Å². The predicted molar refractivity (Wildman–Crippen MR) is 77.2 cm³/mol. The van der Waals surface area contributed by atoms with Crippen LogP contribution >= 0.6 is 27.7 Å². The first-order chi connectivity index (χ1) is 7.91. The number of rotatable bonds is 4. The van der Waals surface area contributed by atoms with Gasteiger partial charge in [-0.15, -0.1) is 11.8 Å². The Labute approximate surface area is 115 Å². The maximum atomic E-state index is 11.8. The Hall–Kier alpha value is -0.680. The van der Waals surface area contributed by atoms with Gasteiger partial charge in [0.05, 0.1) is 5.75 Å². The van der Waals surface area contributed by atoms with Crippen molar-refractivity contribution in [3.63, 3.8) is 0 Å². The van der Waals surface area contributed by atoms with E-state index in [1.807, 2.05) is 39.1 Å². The highest BCUT2D eigenvalue weighted by molar-refractivity contribution is 9.10. The van der Waals surface area contributed by atoms with Gasteiger partial charge in [-0.1, -0.05) is 15.9 Å². The van der Waals surface area contributed by atoms with Crippen molar-refractivity contribution in [2.75, 3.05) is 18.5 Å². The van der Waals surface area contributed by atoms with Gasteiger partial charge in [0.15, 0.2) is 0 Å². The molecule has 3 nitrogen and oxygen atoms in total. The van der Waals surface area contributed by atoms with Gasteiger partial charge in [-0.05, 0) is 32.0 Å². The van der Waals surface area contributed by atoms with Crippen molar-refractivity contribution in [3.8, 4) is 0 Å². The number of nitrogens with two attached hydrogens (primary N) is 1. The quantitative estimate of drug-likeness (QED) is 0.686. The molecule has 1 amide bonds. The molecule has 1 rings (SSSR count). The van der Waals surface area contributed by atoms with Gasteiger partial charge in [-0.25, -0.2) is 0 Å². The van der Waals surface area contributed by atoms with Crippen LogP contribution in [0.1, 0.15) is 13.8 Å². The van der Waals surface area contributed by atoms with E-state index in [1.165, 1.54) is 11.8 Å². The molecule has 0 aliphatic carbocycles. The molecule has 0 atom stereocenters. The first kappa shape index (κ1) is 14.4. The summed E-state index contributed by atoms with van der Waals surface area (Å²) in [6.45, 7) is 3.99. The third-order valence-electron chi connectivity index (χ3n) is 2.49. The topological polar surface area (TPSA) is 46.3 Å². The van der Waals surface area contributed by atoms with Crippen LogP contribution in [0.25, 0.3) is 0 Å². The van der Waals surface area contributed by atoms with Gasteiger partial charge in [0.2, 0.25) is 5.91 Å². The number of thioether (sulfide) groups is 1. The van der Waals surface area contributed by atoms with Crippen LogP contribution in [-0.2, 0) is 4.79 Å². The van der Waals surface area contributed by atoms with Crippen LogP contribution < -0.4 is 5.73 Å². The Balaban J connectivity index is 2.59. The summed E-state index contributed by atoms with van der Waals surface area (Å²) in [5, 5.41) is 0. The number of anilines is 1. The summed E-state index contributed by atoms with van der Waals surface area (Å²) >= 11 is 4.83. The summed E-state index contributed by atoms with van der Waals surface area (Å²) in [6, 6.07) is 5.92. The van der Waals surface area contributed by atoms with Gasteiger partial charge in [-0.3, -0.25) is 4.79 Å². The van der Waals surface area contributed by atoms with Gasteiger partial charge in [0.25, 0.3) is 0 Å². The average molecular weight is 317 g/mol. The van der Waals surface area contributed by atoms with E-state index >= 15 is 0 Å². The normalized spacial score (nSPS) is 10.6. The standard InChI is InChI=1S/C12H17BrN2OS/c1-8(2)15(3)12(16)7-17-11-5-4-9(13)6-10(11)14/h4-6,8H,7,14H2,1-3H3. The maximum absolute atomic E-state index is 11.8. The minimum absolute atomic E-state index is 0.118. The fourth-order valence-corrected chi connectivity index (χ4v) is 2.43. The Morgan fingerprint density at radius 2 is 2.18 bits per heavy atom. The molecule has 0 spiro atoms. The fourth-order valence-electron chi connectivity index (χ4n) is 1.18. The highest BCUT2D eigenvalue weighted by Gasteiger charge is 2.12. The third kappa shape index (κ3) is 4.24. The van der Waals surface area contributed by atoms with Crippen LogP contribution in [0.2, 0.25) is 0 Å². The molecule has 0 radical (unpaired) electrons. The van der Waals surface area contributed by atoms with E-state index < -0.39 is 0 Å². The largest absolute Gasteiger partial charge is 0.398 e. The van der Waals surface area contributed by atoms with Crippen LogP contribution in [0.5, 0.6) is 0 Å². The van der Waals surface area contributed by atoms with Crippen molar-refractivity contribution in [3.05, 3.63) is 22.7 Å². The lowest BCUT2D eigenvalue weighted by atomic mass is 10.3. The fraction of sp³-hybridized carbons (Fsp3) is 0.417. The summed E-state index contributed by atoms with van der Waals surface area (Å²) in [6.07, 6.45) is 0. The van der Waals surface area contributed by atoms with Crippen LogP contribution in [0.4, 0.5) is 5.69 Å². The second-order valence-corrected chi connectivity index (χ2v) is 6.00. The molecule has 94 valence electrons. The molecule has 2 N–H and O–H groups in total. The molecule has 1 aromatic carbocycles. The Morgan fingerprint density at radius 1 is 1.53 bits per heavy atom. The van der Waals surface area contributed by atoms with Crippen LogP contribution in [-0.4, -0.2) is 29.6 Å². The first-order valence-electron chi connectivity index (χ1n) is 5.35. The lowest BCUT2D eigenvalue weighted by molar-refractivity contribution is -0.128. The highest BCUT2D eigenvalue weighted by atomic mass is 79.9. The number of nitrogens with zero attached hydrogens (tertiary/aromatic N) is 1. The van der Waals surface area contributed by atoms with E-state index in [0.29, 0.717) is 11.4 Å². The highest BCUT2D eigenvalue weighted by Crippen LogP contribution is 2.27. The number of carbonyl (C=O) groups is 1. The maximum Gasteiger partial charge on any atom is 0.232 e. The summed E-state index contributed by atoms with van der Waals surface area (Å²) in [5.74, 6) is 0.535. The van der Waals surface area contributed by atoms with Crippen molar-refractivity contribution < 1.29 is 4.79 Å². The predicted octanol–water partition coefficient (Wildman–Crippen LogP) is 2.99. The van der Waals surface area contributed by atoms with E-state index in [2.05, 4.69) is 15.9 Å². The lowest BCUT2D eigenvalue weighted by Crippen LogP contribution is -2.34. The van der Waals surface area contributed by atoms with E-state index in [-0.39, 0.29) is 11.9 Å². The minimum Gasteiger partial charge on any atom is -0.398 e. The minimum atomic E-state index is 0.118. The van der Waals surface area contributed by atoms with Gasteiger partial charge in [0, 0.05) is 28.1 Å². The molecule has 0 aliphatic rings. The average Bonchev–Trinajstić information content (AvgIpc) is 2.26. The van der Waals surface area contributed by atoms with Gasteiger partial charge in [0.1, 0.15) is 0 Å². The molecule has 17 heavy (non-hydrogen) atoms. The molecule has 0 unspecified atom stereocenters. The number of carbonyl (C=O) groups excluding carboxylic acids is 1. The Bertz CT molecular complexity index is 409. The first-order valence-corrected chi connectivity index (χ1v) is 7.13. The number of amides is 1. The van der Waals surface area contributed by atoms with Crippen molar-refractivity contribution in [1.82, 2.24) is 4.90 Å². The van der Waals surface area contributed by atoms with Crippen molar-refractivity contribution in [2.45, 2.75) is 24.8 Å². The molecule has 0 aliphatic heterocycles. The van der Waals surface area contributed by atoms with Gasteiger partial charge in [-0.2, -0.15) is 0 Å². The Kier molecular flexibility index (Phi) is 5.33. The molecule has 0 saturated heterocycles. The number of hydrogen-bond donors (Lipinski definition) is 1. The van der Waals surface area contributed by atoms with E-state index in [1.54, 1.807) is 4.90 Å². The van der Waals surface area contributed by atoms with Gasteiger partial charge >= 0.3 is 0 Å². The van der Waals surface area contributed by atoms with E-state index in [9.17, 15) is 4.79 Å². The smallest absolute Gasteiger partial charge is 0.232 e. The zero-order valence-corrected chi connectivity index (χ0v) is 12.6. The molecule has 0 bridgehead atoms. The second-order valence-electron chi connectivity index (χ2n) is 4.07. The van der Waals surface area contributed by atoms with Crippen molar-refractivity contribution in [2.24, 2.45) is 0 Å². The molecule has 1 aromatic rings. The molecule has 0 fully saturated rings. The van der Waals surface area contributed by atoms with E-state index in [0.717, 1.165) is 9.37 Å². The van der Waals surface area contributed by atoms with Gasteiger partial charge < -0.3 is 10.6 Å². The second kappa shape index (κ2) is 6.31. The monoisotopic (exact) mass is 316 g/mol. The summed E-state index contributed by atoms with van der Waals surface area (Å²) in [7, 11) is 1.82. The molecular weight excluding hydrogens is 300 g/mol. The number of nitrogen functional groups attached to an aromatic ring is 1. The van der Waals surface area contributed by atoms with Crippen molar-refractivity contribution >= 4 is 39.3 Å². The zero-order chi connectivity index (χ0) is 13.0. The summed E-state index contributed by atoms with van der Waals surface area (Å²) in [4.78, 5) is 14.5. The molecule has 0 heterocycles. The summed E-state index contributed by atoms with van der Waals surface area (Å²) in [5.41, 5.74) is 6.57. The van der Waals surface area contributed by atoms with Crippen LogP contribution in [0.3, 0.4) is 0 Å². The molecular formula is C12H17BrN2OS. The van der Waals surface area contributed by atoms with E-state index in [4.69, 9.17) is 5.73 Å². The number of halogens is 1. The molecule has 0 saturated carbocycles.